The summed E-state index contributed by atoms with van der Waals surface area (Å²) in [6, 6.07) is 61.4. The molecule has 3 aliphatic rings. The number of para-hydroxylation sites is 2. The topological polar surface area (TPSA) is 11.4 Å². The zero-order valence-corrected chi connectivity index (χ0v) is 44.4. The molecule has 71 heavy (non-hydrogen) atoms. The van der Waals surface area contributed by atoms with E-state index in [-0.39, 0.29) is 33.9 Å². The van der Waals surface area contributed by atoms with Crippen LogP contribution in [0.2, 0.25) is 0 Å². The Bertz CT molecular complexity index is 3620. The van der Waals surface area contributed by atoms with Gasteiger partial charge in [0.15, 0.2) is 0 Å². The predicted octanol–water partition coefficient (Wildman–Crippen LogP) is 17.2. The third kappa shape index (κ3) is 6.83. The molecular weight excluding hydrogens is 858 g/mol. The summed E-state index contributed by atoms with van der Waals surface area (Å²) in [4.78, 5) is 5.08. The van der Waals surface area contributed by atoms with E-state index in [4.69, 9.17) is 0 Å². The average molecular weight is 926 g/mol. The minimum atomic E-state index is -0.133. The minimum absolute atomic E-state index is 0.0386. The average Bonchev–Trinajstić information content (AvgIpc) is 3.66. The zero-order valence-electron chi connectivity index (χ0n) is 44.4. The lowest BCUT2D eigenvalue weighted by Crippen LogP contribution is -2.57. The third-order valence-corrected chi connectivity index (χ3v) is 16.4. The van der Waals surface area contributed by atoms with E-state index < -0.39 is 0 Å². The standard InChI is InChI=1S/C67H68BN3/c1-63(2,3)42-26-30-46(31-27-42)69-58-35-29-44(65(7,8)9)39-54(58)68-61-50(38-45(40-59(61)69)66(10,11)12)49-33-32-48(60-51-37-43(64(4,5)6)28-34-55(51)71(68)62(49)60)41-20-19-21-47(36-41)70-56-24-17-15-22-52(56)67(13,14)53-23-16-18-25-57(53)70/h15-40H,1-14H3. The first kappa shape index (κ1) is 45.4. The van der Waals surface area contributed by atoms with Crippen molar-refractivity contribution in [3.63, 3.8) is 0 Å². The van der Waals surface area contributed by atoms with Crippen LogP contribution < -0.4 is 20.7 Å². The Morgan fingerprint density at radius 2 is 0.972 bits per heavy atom. The molecule has 0 spiro atoms. The number of rotatable bonds is 3. The summed E-state index contributed by atoms with van der Waals surface area (Å²) in [7, 11) is 0. The highest BCUT2D eigenvalue weighted by molar-refractivity contribution is 6.90. The molecule has 9 aromatic rings. The number of fused-ring (bicyclic) bond motifs is 9. The summed E-state index contributed by atoms with van der Waals surface area (Å²) < 4.78 is 2.76. The fourth-order valence-electron chi connectivity index (χ4n) is 12.3. The summed E-state index contributed by atoms with van der Waals surface area (Å²) >= 11 is 0. The lowest BCUT2D eigenvalue weighted by atomic mass is 9.44. The van der Waals surface area contributed by atoms with Crippen molar-refractivity contribution in [2.45, 2.75) is 124 Å². The van der Waals surface area contributed by atoms with Gasteiger partial charge in [-0.05, 0) is 143 Å². The van der Waals surface area contributed by atoms with Crippen LogP contribution in [-0.4, -0.2) is 11.3 Å². The Labute approximate surface area is 423 Å². The Morgan fingerprint density at radius 3 is 1.61 bits per heavy atom. The van der Waals surface area contributed by atoms with Gasteiger partial charge in [0.1, 0.15) is 0 Å². The largest absolute Gasteiger partial charge is 0.375 e. The third-order valence-electron chi connectivity index (χ3n) is 16.4. The van der Waals surface area contributed by atoms with Crippen molar-refractivity contribution in [3.8, 4) is 22.3 Å². The van der Waals surface area contributed by atoms with Crippen molar-refractivity contribution in [1.82, 2.24) is 4.48 Å². The molecule has 0 atom stereocenters. The second-order valence-corrected chi connectivity index (χ2v) is 25.5. The predicted molar refractivity (Wildman–Crippen MR) is 307 cm³/mol. The first-order valence-corrected chi connectivity index (χ1v) is 26.0. The molecule has 8 aromatic carbocycles. The quantitative estimate of drug-likeness (QED) is 0.164. The molecule has 0 fully saturated rings. The Morgan fingerprint density at radius 1 is 0.408 bits per heavy atom. The SMILES string of the molecule is CC(C)(C)c1ccc(N2c3ccc(C(C)(C)C)cc3B3c4c(cc(C(C)(C)C)cc42)-c2ccc(-c4cccc(N5c6ccccc6C(C)(C)c6ccccc65)c4)c4c5cc(C(C)(C)C)ccc5n3c24)cc1. The summed E-state index contributed by atoms with van der Waals surface area (Å²) in [5, 5.41) is 2.63. The molecule has 354 valence electrons. The summed E-state index contributed by atoms with van der Waals surface area (Å²) in [5.74, 6) is 0. The van der Waals surface area contributed by atoms with Gasteiger partial charge in [-0.3, -0.25) is 0 Å². The van der Waals surface area contributed by atoms with Gasteiger partial charge in [-0.2, -0.15) is 0 Å². The highest BCUT2D eigenvalue weighted by Gasteiger charge is 2.45. The summed E-state index contributed by atoms with van der Waals surface area (Å²) in [5.41, 5.74) is 25.5. The number of nitrogens with zero attached hydrogens (tertiary/aromatic N) is 3. The molecule has 0 amide bonds. The van der Waals surface area contributed by atoms with Gasteiger partial charge in [0.05, 0.1) is 11.4 Å². The van der Waals surface area contributed by atoms with Gasteiger partial charge in [0.2, 0.25) is 0 Å². The van der Waals surface area contributed by atoms with Gasteiger partial charge >= 0.3 is 6.85 Å². The molecule has 3 aliphatic heterocycles. The van der Waals surface area contributed by atoms with E-state index in [9.17, 15) is 0 Å². The molecule has 0 radical (unpaired) electrons. The summed E-state index contributed by atoms with van der Waals surface area (Å²) in [6.07, 6.45) is 0. The van der Waals surface area contributed by atoms with Gasteiger partial charge in [0.25, 0.3) is 0 Å². The Balaban J connectivity index is 1.17. The van der Waals surface area contributed by atoms with Crippen LogP contribution in [-0.2, 0) is 27.1 Å². The fourth-order valence-corrected chi connectivity index (χ4v) is 12.3. The first-order chi connectivity index (χ1) is 33.5. The van der Waals surface area contributed by atoms with Crippen LogP contribution in [0.15, 0.2) is 158 Å². The monoisotopic (exact) mass is 926 g/mol. The van der Waals surface area contributed by atoms with E-state index in [2.05, 4.69) is 269 Å². The van der Waals surface area contributed by atoms with Crippen molar-refractivity contribution in [2.24, 2.45) is 0 Å². The maximum Gasteiger partial charge on any atom is 0.333 e. The smallest absolute Gasteiger partial charge is 0.333 e. The molecule has 0 saturated heterocycles. The van der Waals surface area contributed by atoms with Crippen LogP contribution in [0, 0.1) is 0 Å². The first-order valence-electron chi connectivity index (χ1n) is 26.0. The molecule has 1 aromatic heterocycles. The molecular formula is C67H68BN3. The fraction of sp³-hybridized carbons (Fsp3) is 0.284. The molecule has 0 unspecified atom stereocenters. The maximum atomic E-state index is 2.76. The van der Waals surface area contributed by atoms with E-state index in [1.165, 1.54) is 117 Å². The second kappa shape index (κ2) is 15.1. The normalized spacial score (nSPS) is 14.9. The lowest BCUT2D eigenvalue weighted by molar-refractivity contribution is 0.590. The number of aromatic nitrogens is 1. The van der Waals surface area contributed by atoms with Crippen molar-refractivity contribution in [2.75, 3.05) is 9.80 Å². The number of benzene rings is 8. The van der Waals surface area contributed by atoms with Crippen LogP contribution >= 0.6 is 0 Å². The molecule has 0 N–H and O–H groups in total. The van der Waals surface area contributed by atoms with E-state index in [1.807, 2.05) is 0 Å². The van der Waals surface area contributed by atoms with Crippen LogP contribution in [0.4, 0.5) is 34.1 Å². The maximum absolute atomic E-state index is 2.76. The number of anilines is 6. The van der Waals surface area contributed by atoms with E-state index in [0.717, 1.165) is 5.69 Å². The van der Waals surface area contributed by atoms with Crippen LogP contribution in [0.5, 0.6) is 0 Å². The van der Waals surface area contributed by atoms with Gasteiger partial charge in [0, 0.05) is 55.5 Å². The van der Waals surface area contributed by atoms with E-state index in [0.29, 0.717) is 0 Å². The van der Waals surface area contributed by atoms with Gasteiger partial charge < -0.3 is 14.3 Å². The van der Waals surface area contributed by atoms with Crippen LogP contribution in [0.1, 0.15) is 130 Å². The molecule has 3 nitrogen and oxygen atoms in total. The lowest BCUT2D eigenvalue weighted by Gasteiger charge is -2.42. The van der Waals surface area contributed by atoms with Crippen molar-refractivity contribution < 1.29 is 0 Å². The minimum Gasteiger partial charge on any atom is -0.375 e. The molecule has 4 heteroatoms. The Kier molecular flexibility index (Phi) is 9.66. The van der Waals surface area contributed by atoms with E-state index in [1.54, 1.807) is 0 Å². The molecule has 12 rings (SSSR count). The van der Waals surface area contributed by atoms with Crippen molar-refractivity contribution in [3.05, 3.63) is 191 Å². The van der Waals surface area contributed by atoms with Crippen LogP contribution in [0.3, 0.4) is 0 Å². The van der Waals surface area contributed by atoms with Crippen molar-refractivity contribution in [1.29, 1.82) is 0 Å². The number of hydrogen-bond donors (Lipinski definition) is 0. The highest BCUT2D eigenvalue weighted by atomic mass is 15.2. The molecule has 0 aliphatic carbocycles. The van der Waals surface area contributed by atoms with Gasteiger partial charge in [-0.15, -0.1) is 0 Å². The summed E-state index contributed by atoms with van der Waals surface area (Å²) in [6.45, 7) is 32.8. The highest BCUT2D eigenvalue weighted by Crippen LogP contribution is 2.54. The second-order valence-electron chi connectivity index (χ2n) is 25.5. The molecule has 4 heterocycles. The molecule has 0 saturated carbocycles. The zero-order chi connectivity index (χ0) is 49.9. The van der Waals surface area contributed by atoms with Crippen molar-refractivity contribution >= 4 is 73.7 Å². The Hall–Kier alpha value is -6.78. The van der Waals surface area contributed by atoms with Gasteiger partial charge in [-0.25, -0.2) is 0 Å². The van der Waals surface area contributed by atoms with Gasteiger partial charge in [-0.1, -0.05) is 194 Å². The number of hydrogen-bond acceptors (Lipinski definition) is 2. The molecule has 0 bridgehead atoms. The van der Waals surface area contributed by atoms with Crippen LogP contribution in [0.25, 0.3) is 44.1 Å². The van der Waals surface area contributed by atoms with E-state index >= 15 is 0 Å².